The highest BCUT2D eigenvalue weighted by Crippen LogP contribution is 2.44. The van der Waals surface area contributed by atoms with Crippen LogP contribution in [0.4, 0.5) is 0 Å². The molecule has 2 rings (SSSR count). The lowest BCUT2D eigenvalue weighted by Crippen LogP contribution is -2.51. The highest BCUT2D eigenvalue weighted by molar-refractivity contribution is 6.30. The third-order valence-electron chi connectivity index (χ3n) is 4.46. The summed E-state index contributed by atoms with van der Waals surface area (Å²) in [7, 11) is 4.04. The summed E-state index contributed by atoms with van der Waals surface area (Å²) in [6.45, 7) is 2.78. The number of hydrogen-bond donors (Lipinski definition) is 1. The lowest BCUT2D eigenvalue weighted by atomic mass is 9.64. The molecule has 0 unspecified atom stereocenters. The van der Waals surface area contributed by atoms with E-state index < -0.39 is 0 Å². The maximum absolute atomic E-state index is 12.6. The van der Waals surface area contributed by atoms with Gasteiger partial charge in [0.05, 0.1) is 5.41 Å². The highest BCUT2D eigenvalue weighted by atomic mass is 35.5. The molecule has 0 heterocycles. The van der Waals surface area contributed by atoms with Gasteiger partial charge in [0, 0.05) is 17.6 Å². The molecule has 4 heteroatoms. The molecule has 0 aromatic heterocycles. The minimum Gasteiger partial charge on any atom is -0.354 e. The number of likely N-dealkylation sites (N-methyl/N-ethyl adjacent to an activating group) is 1. The van der Waals surface area contributed by atoms with Gasteiger partial charge in [-0.2, -0.15) is 0 Å². The van der Waals surface area contributed by atoms with E-state index in [9.17, 15) is 4.79 Å². The van der Waals surface area contributed by atoms with Crippen molar-refractivity contribution in [1.29, 1.82) is 0 Å². The second-order valence-electron chi connectivity index (χ2n) is 5.97. The molecule has 20 heavy (non-hydrogen) atoms. The Morgan fingerprint density at radius 2 is 2.15 bits per heavy atom. The van der Waals surface area contributed by atoms with Gasteiger partial charge in [-0.3, -0.25) is 4.79 Å². The van der Waals surface area contributed by atoms with Crippen LogP contribution in [0.2, 0.25) is 5.02 Å². The molecule has 110 valence electrons. The van der Waals surface area contributed by atoms with Crippen LogP contribution in [0, 0.1) is 0 Å². The summed E-state index contributed by atoms with van der Waals surface area (Å²) in [5.74, 6) is 0.139. The van der Waals surface area contributed by atoms with Crippen molar-refractivity contribution in [3.63, 3.8) is 0 Å². The average Bonchev–Trinajstić information content (AvgIpc) is 2.34. The summed E-state index contributed by atoms with van der Waals surface area (Å²) in [5.41, 5.74) is 0.683. The predicted octanol–water partition coefficient (Wildman–Crippen LogP) is 2.83. The highest BCUT2D eigenvalue weighted by Gasteiger charge is 2.45. The van der Waals surface area contributed by atoms with Crippen LogP contribution in [0.5, 0.6) is 0 Å². The number of hydrogen-bond acceptors (Lipinski definition) is 2. The summed E-state index contributed by atoms with van der Waals surface area (Å²) in [6.07, 6.45) is 2.92. The number of carbonyl (C=O) groups excluding carboxylic acids is 1. The van der Waals surface area contributed by atoms with Crippen LogP contribution < -0.4 is 5.32 Å². The van der Waals surface area contributed by atoms with Gasteiger partial charge in [0.15, 0.2) is 0 Å². The van der Waals surface area contributed by atoms with Gasteiger partial charge in [-0.05, 0) is 51.6 Å². The Kier molecular flexibility index (Phi) is 4.71. The van der Waals surface area contributed by atoms with E-state index in [-0.39, 0.29) is 11.3 Å². The molecule has 0 radical (unpaired) electrons. The van der Waals surface area contributed by atoms with Gasteiger partial charge in [-0.15, -0.1) is 0 Å². The van der Waals surface area contributed by atoms with Gasteiger partial charge in [-0.1, -0.05) is 30.2 Å². The third kappa shape index (κ3) is 2.99. The maximum atomic E-state index is 12.6. The number of nitrogens with zero attached hydrogens (tertiary/aromatic N) is 1. The Hall–Kier alpha value is -1.06. The number of rotatable bonds is 5. The summed E-state index contributed by atoms with van der Waals surface area (Å²) in [6, 6.07) is 8.04. The molecule has 1 fully saturated rings. The second kappa shape index (κ2) is 6.15. The Morgan fingerprint density at radius 1 is 1.45 bits per heavy atom. The van der Waals surface area contributed by atoms with Crippen LogP contribution in [0.3, 0.4) is 0 Å². The van der Waals surface area contributed by atoms with Crippen molar-refractivity contribution < 1.29 is 4.79 Å². The molecule has 1 saturated carbocycles. The molecule has 1 N–H and O–H groups in total. The van der Waals surface area contributed by atoms with E-state index in [2.05, 4.69) is 17.1 Å². The van der Waals surface area contributed by atoms with Gasteiger partial charge in [-0.25, -0.2) is 0 Å². The number of nitrogens with one attached hydrogen (secondary N) is 1. The fourth-order valence-corrected chi connectivity index (χ4v) is 2.75. The quantitative estimate of drug-likeness (QED) is 0.906. The Balaban J connectivity index is 2.09. The van der Waals surface area contributed by atoms with Gasteiger partial charge in [0.25, 0.3) is 0 Å². The average molecular weight is 295 g/mol. The first-order valence-corrected chi connectivity index (χ1v) is 7.54. The van der Waals surface area contributed by atoms with Gasteiger partial charge in [0.1, 0.15) is 0 Å². The summed E-state index contributed by atoms with van der Waals surface area (Å²) in [5, 5.41) is 3.80. The first-order chi connectivity index (χ1) is 9.45. The van der Waals surface area contributed by atoms with Gasteiger partial charge < -0.3 is 10.2 Å². The molecule has 3 nitrogen and oxygen atoms in total. The summed E-state index contributed by atoms with van der Waals surface area (Å²) >= 11 is 6.07. The van der Waals surface area contributed by atoms with E-state index >= 15 is 0 Å². The van der Waals surface area contributed by atoms with E-state index in [0.29, 0.717) is 17.6 Å². The van der Waals surface area contributed by atoms with Crippen molar-refractivity contribution in [3.05, 3.63) is 34.9 Å². The Labute approximate surface area is 126 Å². The molecule has 0 bridgehead atoms. The van der Waals surface area contributed by atoms with Crippen molar-refractivity contribution in [1.82, 2.24) is 10.2 Å². The first-order valence-electron chi connectivity index (χ1n) is 7.16. The summed E-state index contributed by atoms with van der Waals surface area (Å²) < 4.78 is 0. The monoisotopic (exact) mass is 294 g/mol. The maximum Gasteiger partial charge on any atom is 0.230 e. The van der Waals surface area contributed by atoms with Crippen molar-refractivity contribution in [2.45, 2.75) is 37.6 Å². The number of amides is 1. The standard InChI is InChI=1S/C16H23ClN2O/c1-12(19(2)3)11-18-15(20)16(8-5-9-16)13-6-4-7-14(17)10-13/h4,6-7,10,12H,5,8-9,11H2,1-3H3,(H,18,20)/t12-/m1/s1. The predicted molar refractivity (Wildman–Crippen MR) is 83.1 cm³/mol. The van der Waals surface area contributed by atoms with E-state index in [0.717, 1.165) is 24.8 Å². The molecule has 1 aliphatic carbocycles. The SMILES string of the molecule is C[C@H](CNC(=O)C1(c2cccc(Cl)c2)CCC1)N(C)C. The normalized spacial score (nSPS) is 18.4. The fraction of sp³-hybridized carbons (Fsp3) is 0.562. The topological polar surface area (TPSA) is 32.3 Å². The lowest BCUT2D eigenvalue weighted by molar-refractivity contribution is -0.130. The number of halogens is 1. The molecule has 1 atom stereocenters. The van der Waals surface area contributed by atoms with Crippen LogP contribution in [-0.2, 0) is 10.2 Å². The fourth-order valence-electron chi connectivity index (χ4n) is 2.56. The van der Waals surface area contributed by atoms with E-state index in [1.807, 2.05) is 38.4 Å². The van der Waals surface area contributed by atoms with Crippen LogP contribution in [0.25, 0.3) is 0 Å². The van der Waals surface area contributed by atoms with E-state index in [4.69, 9.17) is 11.6 Å². The number of carbonyl (C=O) groups is 1. The van der Waals surface area contributed by atoms with Crippen LogP contribution >= 0.6 is 11.6 Å². The van der Waals surface area contributed by atoms with Crippen molar-refractivity contribution >= 4 is 17.5 Å². The molecule has 1 aliphatic rings. The van der Waals surface area contributed by atoms with Crippen LogP contribution in [0.1, 0.15) is 31.7 Å². The van der Waals surface area contributed by atoms with Gasteiger partial charge in [0.2, 0.25) is 5.91 Å². The zero-order chi connectivity index (χ0) is 14.8. The summed E-state index contributed by atoms with van der Waals surface area (Å²) in [4.78, 5) is 14.7. The van der Waals surface area contributed by atoms with Crippen LogP contribution in [0.15, 0.2) is 24.3 Å². The molecule has 1 aromatic rings. The molecular formula is C16H23ClN2O. The lowest BCUT2D eigenvalue weighted by Gasteiger charge is -2.41. The van der Waals surface area contributed by atoms with E-state index in [1.54, 1.807) is 0 Å². The first kappa shape index (κ1) is 15.3. The molecule has 0 saturated heterocycles. The van der Waals surface area contributed by atoms with Crippen molar-refractivity contribution in [3.8, 4) is 0 Å². The molecule has 1 amide bonds. The molecular weight excluding hydrogens is 272 g/mol. The minimum absolute atomic E-state index is 0.139. The zero-order valence-corrected chi connectivity index (χ0v) is 13.2. The number of benzene rings is 1. The zero-order valence-electron chi connectivity index (χ0n) is 12.4. The minimum atomic E-state index is -0.364. The third-order valence-corrected chi connectivity index (χ3v) is 4.69. The van der Waals surface area contributed by atoms with Crippen molar-refractivity contribution in [2.75, 3.05) is 20.6 Å². The van der Waals surface area contributed by atoms with Crippen molar-refractivity contribution in [2.24, 2.45) is 0 Å². The smallest absolute Gasteiger partial charge is 0.230 e. The van der Waals surface area contributed by atoms with Gasteiger partial charge >= 0.3 is 0 Å². The Bertz CT molecular complexity index is 483. The largest absolute Gasteiger partial charge is 0.354 e. The Morgan fingerprint density at radius 3 is 2.65 bits per heavy atom. The van der Waals surface area contributed by atoms with E-state index in [1.165, 1.54) is 0 Å². The van der Waals surface area contributed by atoms with Crippen LogP contribution in [-0.4, -0.2) is 37.5 Å². The molecule has 0 spiro atoms. The second-order valence-corrected chi connectivity index (χ2v) is 6.41. The molecule has 1 aromatic carbocycles. The molecule has 0 aliphatic heterocycles.